The van der Waals surface area contributed by atoms with E-state index in [1.165, 1.54) is 6.92 Å². The third kappa shape index (κ3) is 6.81. The fourth-order valence-corrected chi connectivity index (χ4v) is 0.609. The molecule has 0 aliphatic carbocycles. The van der Waals surface area contributed by atoms with Gasteiger partial charge in [0.25, 0.3) is 0 Å². The average Bonchev–Trinajstić information content (AvgIpc) is 1.84. The summed E-state index contributed by atoms with van der Waals surface area (Å²) >= 11 is 0. The minimum atomic E-state index is -0.299. The summed E-state index contributed by atoms with van der Waals surface area (Å²) in [6, 6.07) is 0. The van der Waals surface area contributed by atoms with Crippen LogP contribution >= 0.6 is 0 Å². The van der Waals surface area contributed by atoms with E-state index in [9.17, 15) is 4.79 Å². The summed E-state index contributed by atoms with van der Waals surface area (Å²) in [5.41, 5.74) is 0.960. The van der Waals surface area contributed by atoms with Crippen LogP contribution < -0.4 is 0 Å². The summed E-state index contributed by atoms with van der Waals surface area (Å²) in [6.07, 6.45) is 5.35. The van der Waals surface area contributed by atoms with Crippen LogP contribution in [0.3, 0.4) is 0 Å². The van der Waals surface area contributed by atoms with Gasteiger partial charge in [0.15, 0.2) is 0 Å². The third-order valence-corrected chi connectivity index (χ3v) is 1.02. The van der Waals surface area contributed by atoms with E-state index in [2.05, 4.69) is 6.58 Å². The van der Waals surface area contributed by atoms with Gasteiger partial charge in [-0.05, 0) is 19.9 Å². The summed E-state index contributed by atoms with van der Waals surface area (Å²) in [5, 5.41) is 0. The molecule has 0 aromatic carbocycles. The van der Waals surface area contributed by atoms with Crippen molar-refractivity contribution in [2.24, 2.45) is 0 Å². The monoisotopic (exact) mass is 166 g/mol. The first-order valence-electron chi connectivity index (χ1n) is 3.71. The van der Waals surface area contributed by atoms with E-state index in [0.29, 0.717) is 5.76 Å². The molecule has 0 aromatic heterocycles. The largest absolute Gasteiger partial charge is 0.432 e. The van der Waals surface area contributed by atoms with Crippen LogP contribution in [0.25, 0.3) is 0 Å². The average molecular weight is 166 g/mol. The van der Waals surface area contributed by atoms with Gasteiger partial charge in [-0.3, -0.25) is 4.79 Å². The number of carbonyl (C=O) groups is 1. The minimum Gasteiger partial charge on any atom is -0.432 e. The zero-order valence-corrected chi connectivity index (χ0v) is 7.76. The van der Waals surface area contributed by atoms with Crippen molar-refractivity contribution in [3.63, 3.8) is 0 Å². The van der Waals surface area contributed by atoms with Crippen molar-refractivity contribution in [1.82, 2.24) is 0 Å². The highest BCUT2D eigenvalue weighted by molar-refractivity contribution is 5.67. The first kappa shape index (κ1) is 10.7. The Labute approximate surface area is 73.2 Å². The quantitative estimate of drug-likeness (QED) is 0.366. The molecular formula is C10H14O2. The van der Waals surface area contributed by atoms with Gasteiger partial charge < -0.3 is 4.74 Å². The van der Waals surface area contributed by atoms with Gasteiger partial charge in [0, 0.05) is 6.92 Å². The molecule has 0 aliphatic rings. The molecule has 0 heterocycles. The van der Waals surface area contributed by atoms with Crippen LogP contribution in [0.4, 0.5) is 0 Å². The van der Waals surface area contributed by atoms with Crippen molar-refractivity contribution < 1.29 is 9.53 Å². The van der Waals surface area contributed by atoms with Crippen LogP contribution in [-0.4, -0.2) is 5.97 Å². The molecule has 0 atom stereocenters. The van der Waals surface area contributed by atoms with Gasteiger partial charge in [0.2, 0.25) is 0 Å². The van der Waals surface area contributed by atoms with Crippen molar-refractivity contribution in [2.75, 3.05) is 0 Å². The maximum absolute atomic E-state index is 10.4. The highest BCUT2D eigenvalue weighted by Crippen LogP contribution is 1.97. The first-order valence-corrected chi connectivity index (χ1v) is 3.71. The molecule has 2 nitrogen and oxygen atoms in total. The lowest BCUT2D eigenvalue weighted by molar-refractivity contribution is -0.136. The number of esters is 1. The van der Waals surface area contributed by atoms with E-state index < -0.39 is 0 Å². The lowest BCUT2D eigenvalue weighted by Crippen LogP contribution is -1.94. The Kier molecular flexibility index (Phi) is 4.77. The van der Waals surface area contributed by atoms with E-state index in [0.717, 1.165) is 5.57 Å². The smallest absolute Gasteiger partial charge is 0.307 e. The topological polar surface area (TPSA) is 26.3 Å². The van der Waals surface area contributed by atoms with Crippen molar-refractivity contribution in [2.45, 2.75) is 20.8 Å². The van der Waals surface area contributed by atoms with Crippen LogP contribution in [0.2, 0.25) is 0 Å². The molecule has 12 heavy (non-hydrogen) atoms. The molecule has 0 rings (SSSR count). The molecule has 0 spiro atoms. The van der Waals surface area contributed by atoms with E-state index in [-0.39, 0.29) is 5.97 Å². The van der Waals surface area contributed by atoms with Gasteiger partial charge in [-0.2, -0.15) is 0 Å². The van der Waals surface area contributed by atoms with E-state index in [1.54, 1.807) is 19.1 Å². The summed E-state index contributed by atoms with van der Waals surface area (Å²) < 4.78 is 4.77. The fourth-order valence-electron chi connectivity index (χ4n) is 0.609. The van der Waals surface area contributed by atoms with Gasteiger partial charge in [-0.15, -0.1) is 0 Å². The van der Waals surface area contributed by atoms with Crippen molar-refractivity contribution in [3.8, 4) is 0 Å². The first-order chi connectivity index (χ1) is 5.52. The summed E-state index contributed by atoms with van der Waals surface area (Å²) in [5.74, 6) is 0.285. The standard InChI is InChI=1S/C10H14O2/c1-8(2)6-5-7-9(3)12-10(4)11/h5-7H,1H2,2-4H3. The molecule has 0 unspecified atom stereocenters. The molecule has 0 saturated carbocycles. The summed E-state index contributed by atoms with van der Waals surface area (Å²) in [7, 11) is 0. The number of hydrogen-bond donors (Lipinski definition) is 0. The normalized spacial score (nSPS) is 11.8. The molecule has 0 fully saturated rings. The van der Waals surface area contributed by atoms with Gasteiger partial charge >= 0.3 is 5.97 Å². The number of rotatable bonds is 3. The lowest BCUT2D eigenvalue weighted by Gasteiger charge is -1.97. The number of allylic oxidation sites excluding steroid dienone is 5. The predicted octanol–water partition coefficient (Wildman–Crippen LogP) is 2.59. The van der Waals surface area contributed by atoms with Crippen molar-refractivity contribution in [3.05, 3.63) is 36.1 Å². The molecular weight excluding hydrogens is 152 g/mol. The van der Waals surface area contributed by atoms with Crippen LogP contribution in [-0.2, 0) is 9.53 Å². The Morgan fingerprint density at radius 2 is 1.92 bits per heavy atom. The maximum atomic E-state index is 10.4. The molecule has 0 amide bonds. The van der Waals surface area contributed by atoms with Crippen molar-refractivity contribution >= 4 is 5.97 Å². The van der Waals surface area contributed by atoms with Crippen LogP contribution in [0.15, 0.2) is 36.1 Å². The summed E-state index contributed by atoms with van der Waals surface area (Å²) in [4.78, 5) is 10.4. The third-order valence-electron chi connectivity index (χ3n) is 1.02. The second kappa shape index (κ2) is 5.35. The number of carbonyl (C=O) groups excluding carboxylic acids is 1. The number of ether oxygens (including phenoxy) is 1. The zero-order chi connectivity index (χ0) is 9.56. The highest BCUT2D eigenvalue weighted by Gasteiger charge is 1.91. The van der Waals surface area contributed by atoms with Gasteiger partial charge in [-0.25, -0.2) is 0 Å². The maximum Gasteiger partial charge on any atom is 0.307 e. The zero-order valence-electron chi connectivity index (χ0n) is 7.76. The predicted molar refractivity (Wildman–Crippen MR) is 49.5 cm³/mol. The van der Waals surface area contributed by atoms with E-state index in [4.69, 9.17) is 4.74 Å². The van der Waals surface area contributed by atoms with Gasteiger partial charge in [0.1, 0.15) is 5.76 Å². The van der Waals surface area contributed by atoms with Gasteiger partial charge in [0.05, 0.1) is 0 Å². The van der Waals surface area contributed by atoms with Crippen LogP contribution in [0.1, 0.15) is 20.8 Å². The molecule has 0 N–H and O–H groups in total. The second-order valence-corrected chi connectivity index (χ2v) is 2.58. The molecule has 0 radical (unpaired) electrons. The van der Waals surface area contributed by atoms with Crippen LogP contribution in [0.5, 0.6) is 0 Å². The highest BCUT2D eigenvalue weighted by atomic mass is 16.5. The molecule has 2 heteroatoms. The molecule has 0 bridgehead atoms. The second-order valence-electron chi connectivity index (χ2n) is 2.58. The SMILES string of the molecule is C=C(C)C=CC=C(C)OC(C)=O. The minimum absolute atomic E-state index is 0.299. The Balaban J connectivity index is 4.00. The fraction of sp³-hybridized carbons (Fsp3) is 0.300. The molecule has 66 valence electrons. The Morgan fingerprint density at radius 3 is 2.33 bits per heavy atom. The van der Waals surface area contributed by atoms with Crippen molar-refractivity contribution in [1.29, 1.82) is 0 Å². The van der Waals surface area contributed by atoms with Gasteiger partial charge in [-0.1, -0.05) is 24.3 Å². The number of hydrogen-bond acceptors (Lipinski definition) is 2. The molecule has 0 aliphatic heterocycles. The molecule has 0 saturated heterocycles. The van der Waals surface area contributed by atoms with Crippen LogP contribution in [0, 0.1) is 0 Å². The van der Waals surface area contributed by atoms with E-state index >= 15 is 0 Å². The summed E-state index contributed by atoms with van der Waals surface area (Å²) in [6.45, 7) is 8.68. The Hall–Kier alpha value is -1.31. The lowest BCUT2D eigenvalue weighted by atomic mass is 10.3. The molecule has 0 aromatic rings. The van der Waals surface area contributed by atoms with E-state index in [1.807, 2.05) is 13.0 Å². The Morgan fingerprint density at radius 1 is 1.33 bits per heavy atom. The Bertz CT molecular complexity index is 234.